The van der Waals surface area contributed by atoms with Gasteiger partial charge in [0.1, 0.15) is 11.5 Å². The Morgan fingerprint density at radius 2 is 0.938 bits per heavy atom. The van der Waals surface area contributed by atoms with Crippen molar-refractivity contribution in [2.75, 3.05) is 10.6 Å². The lowest BCUT2D eigenvalue weighted by atomic mass is 10.1. The Balaban J connectivity index is 1.50. The summed E-state index contributed by atoms with van der Waals surface area (Å²) in [6.45, 7) is 0. The quantitative estimate of drug-likeness (QED) is 0.272. The largest absolute Gasteiger partial charge is 0.417 e. The van der Waals surface area contributed by atoms with Gasteiger partial charge in [0.2, 0.25) is 0 Å². The van der Waals surface area contributed by atoms with Gasteiger partial charge in [0.05, 0.1) is 11.4 Å². The maximum absolute atomic E-state index is 12.4. The maximum Gasteiger partial charge on any atom is 0.417 e. The van der Waals surface area contributed by atoms with Crippen LogP contribution in [-0.2, 0) is 0 Å². The minimum absolute atomic E-state index is 0.420. The van der Waals surface area contributed by atoms with Crippen LogP contribution in [0.15, 0.2) is 93.9 Å². The molecule has 0 spiro atoms. The number of ether oxygens (including phenoxy) is 2. The first-order valence-corrected chi connectivity index (χ1v) is 11.1. The number of nitrogens with one attached hydrogen (secondary N) is 2. The molecule has 0 bridgehead atoms. The van der Waals surface area contributed by atoms with E-state index in [9.17, 15) is 9.59 Å². The summed E-state index contributed by atoms with van der Waals surface area (Å²) >= 11 is 6.68. The van der Waals surface area contributed by atoms with Crippen LogP contribution in [0.25, 0.3) is 10.8 Å². The number of benzene rings is 4. The highest BCUT2D eigenvalue weighted by atomic mass is 79.9. The third-order valence-corrected chi connectivity index (χ3v) is 5.50. The van der Waals surface area contributed by atoms with E-state index >= 15 is 0 Å². The molecular formula is C24H16Br2N2O4. The van der Waals surface area contributed by atoms with Gasteiger partial charge in [-0.2, -0.15) is 0 Å². The van der Waals surface area contributed by atoms with Crippen molar-refractivity contribution in [2.24, 2.45) is 0 Å². The van der Waals surface area contributed by atoms with E-state index in [-0.39, 0.29) is 0 Å². The number of carbonyl (C=O) groups excluding carboxylic acids is 2. The third kappa shape index (κ3) is 5.46. The van der Waals surface area contributed by atoms with Crippen molar-refractivity contribution in [3.63, 3.8) is 0 Å². The molecule has 0 heterocycles. The lowest BCUT2D eigenvalue weighted by Crippen LogP contribution is -2.18. The fourth-order valence-electron chi connectivity index (χ4n) is 3.02. The molecule has 4 aromatic carbocycles. The Morgan fingerprint density at radius 3 is 1.31 bits per heavy atom. The summed E-state index contributed by atoms with van der Waals surface area (Å²) in [4.78, 5) is 24.7. The Labute approximate surface area is 200 Å². The molecule has 0 saturated heterocycles. The fourth-order valence-corrected chi connectivity index (χ4v) is 3.55. The molecule has 160 valence electrons. The highest BCUT2D eigenvalue weighted by molar-refractivity contribution is 9.10. The van der Waals surface area contributed by atoms with Crippen LogP contribution < -0.4 is 20.1 Å². The van der Waals surface area contributed by atoms with Crippen molar-refractivity contribution in [3.8, 4) is 11.5 Å². The molecule has 4 rings (SSSR count). The van der Waals surface area contributed by atoms with Crippen LogP contribution in [0, 0.1) is 0 Å². The van der Waals surface area contributed by atoms with E-state index in [2.05, 4.69) is 42.5 Å². The molecule has 0 fully saturated rings. The topological polar surface area (TPSA) is 76.7 Å². The van der Waals surface area contributed by atoms with Gasteiger partial charge in [-0.3, -0.25) is 10.6 Å². The summed E-state index contributed by atoms with van der Waals surface area (Å²) in [6, 6.07) is 24.6. The zero-order valence-electron chi connectivity index (χ0n) is 16.5. The van der Waals surface area contributed by atoms with Gasteiger partial charge in [-0.1, -0.05) is 56.1 Å². The molecule has 6 nitrogen and oxygen atoms in total. The average molecular weight is 556 g/mol. The maximum atomic E-state index is 12.4. The first-order chi connectivity index (χ1) is 15.5. The van der Waals surface area contributed by atoms with Crippen molar-refractivity contribution in [2.45, 2.75) is 0 Å². The van der Waals surface area contributed by atoms with Crippen LogP contribution in [0.5, 0.6) is 11.5 Å². The second-order valence-electron chi connectivity index (χ2n) is 6.64. The van der Waals surface area contributed by atoms with Crippen molar-refractivity contribution in [1.82, 2.24) is 0 Å². The molecule has 4 aromatic rings. The molecule has 0 saturated carbocycles. The van der Waals surface area contributed by atoms with Crippen molar-refractivity contribution < 1.29 is 19.1 Å². The molecule has 0 atom stereocenters. The number of rotatable bonds is 4. The summed E-state index contributed by atoms with van der Waals surface area (Å²) < 4.78 is 12.4. The molecule has 0 aliphatic heterocycles. The van der Waals surface area contributed by atoms with Gasteiger partial charge in [0.25, 0.3) is 0 Å². The van der Waals surface area contributed by atoms with Crippen LogP contribution in [0.2, 0.25) is 0 Å². The monoisotopic (exact) mass is 554 g/mol. The number of halogens is 2. The van der Waals surface area contributed by atoms with E-state index in [1.165, 1.54) is 0 Å². The normalized spacial score (nSPS) is 10.4. The molecule has 0 aliphatic carbocycles. The van der Waals surface area contributed by atoms with Crippen molar-refractivity contribution >= 4 is 66.2 Å². The molecule has 0 aromatic heterocycles. The summed E-state index contributed by atoms with van der Waals surface area (Å²) in [7, 11) is 0. The van der Waals surface area contributed by atoms with Gasteiger partial charge < -0.3 is 9.47 Å². The van der Waals surface area contributed by atoms with Gasteiger partial charge in [-0.15, -0.1) is 0 Å². The van der Waals surface area contributed by atoms with Crippen LogP contribution >= 0.6 is 31.9 Å². The van der Waals surface area contributed by atoms with E-state index in [4.69, 9.17) is 9.47 Å². The van der Waals surface area contributed by atoms with Gasteiger partial charge in [0, 0.05) is 19.7 Å². The lowest BCUT2D eigenvalue weighted by molar-refractivity contribution is 0.214. The number of carbonyl (C=O) groups is 2. The molecule has 0 radical (unpaired) electrons. The Morgan fingerprint density at radius 1 is 0.562 bits per heavy atom. The Hall–Kier alpha value is -3.36. The van der Waals surface area contributed by atoms with Gasteiger partial charge in [-0.25, -0.2) is 9.59 Å². The van der Waals surface area contributed by atoms with E-state index in [0.29, 0.717) is 22.9 Å². The number of fused-ring (bicyclic) bond motifs is 1. The predicted molar refractivity (Wildman–Crippen MR) is 132 cm³/mol. The minimum atomic E-state index is -0.618. The third-order valence-electron chi connectivity index (χ3n) is 4.44. The number of hydrogen-bond acceptors (Lipinski definition) is 4. The molecule has 2 amide bonds. The Kier molecular flexibility index (Phi) is 6.72. The summed E-state index contributed by atoms with van der Waals surface area (Å²) in [5, 5.41) is 6.98. The first kappa shape index (κ1) is 21.9. The zero-order valence-corrected chi connectivity index (χ0v) is 19.6. The highest BCUT2D eigenvalue weighted by Gasteiger charge is 2.12. The van der Waals surface area contributed by atoms with E-state index < -0.39 is 12.2 Å². The van der Waals surface area contributed by atoms with E-state index in [1.54, 1.807) is 72.8 Å². The molecule has 8 heteroatoms. The van der Waals surface area contributed by atoms with Crippen molar-refractivity contribution in [1.29, 1.82) is 0 Å². The molecule has 2 N–H and O–H groups in total. The number of anilines is 2. The molecule has 0 aliphatic rings. The summed E-state index contributed by atoms with van der Waals surface area (Å²) in [5.41, 5.74) is 1.10. The van der Waals surface area contributed by atoms with Gasteiger partial charge >= 0.3 is 12.2 Å². The van der Waals surface area contributed by atoms with E-state index in [0.717, 1.165) is 19.7 Å². The summed E-state index contributed by atoms with van der Waals surface area (Å²) in [6.07, 6.45) is -1.24. The number of hydrogen-bond donors (Lipinski definition) is 2. The van der Waals surface area contributed by atoms with Crippen LogP contribution in [0.1, 0.15) is 0 Å². The molecular weight excluding hydrogens is 540 g/mol. The van der Waals surface area contributed by atoms with Gasteiger partial charge in [0.15, 0.2) is 0 Å². The SMILES string of the molecule is O=C(Nc1cccc2c(NC(=O)Oc3ccc(Br)cc3)cccc12)Oc1ccc(Br)cc1. The van der Waals surface area contributed by atoms with Crippen LogP contribution in [0.4, 0.5) is 21.0 Å². The lowest BCUT2D eigenvalue weighted by Gasteiger charge is -2.13. The molecule has 32 heavy (non-hydrogen) atoms. The van der Waals surface area contributed by atoms with Crippen LogP contribution in [0.3, 0.4) is 0 Å². The standard InChI is InChI=1S/C24H16Br2N2O4/c25-15-7-11-17(12-8-15)31-23(29)27-21-5-1-3-19-20(21)4-2-6-22(19)28-24(30)32-18-13-9-16(26)10-14-18/h1-14H,(H,27,29)(H,28,30). The minimum Gasteiger partial charge on any atom is -0.410 e. The fraction of sp³-hybridized carbons (Fsp3) is 0. The first-order valence-electron chi connectivity index (χ1n) is 9.48. The Bertz CT molecular complexity index is 1170. The summed E-state index contributed by atoms with van der Waals surface area (Å²) in [5.74, 6) is 0.841. The molecule has 0 unspecified atom stereocenters. The van der Waals surface area contributed by atoms with Crippen molar-refractivity contribution in [3.05, 3.63) is 93.9 Å². The predicted octanol–water partition coefficient (Wildman–Crippen LogP) is 7.59. The zero-order chi connectivity index (χ0) is 22.5. The second-order valence-corrected chi connectivity index (χ2v) is 8.47. The van der Waals surface area contributed by atoms with E-state index in [1.807, 2.05) is 12.1 Å². The van der Waals surface area contributed by atoms with Gasteiger partial charge in [-0.05, 0) is 60.7 Å². The smallest absolute Gasteiger partial charge is 0.410 e. The van der Waals surface area contributed by atoms with Crippen LogP contribution in [-0.4, -0.2) is 12.2 Å². The second kappa shape index (κ2) is 9.84. The number of amides is 2. The average Bonchev–Trinajstić information content (AvgIpc) is 2.77. The highest BCUT2D eigenvalue weighted by Crippen LogP contribution is 2.30.